The van der Waals surface area contributed by atoms with Gasteiger partial charge in [0.15, 0.2) is 0 Å². The van der Waals surface area contributed by atoms with Gasteiger partial charge in [-0.1, -0.05) is 29.8 Å². The van der Waals surface area contributed by atoms with Gasteiger partial charge in [0.25, 0.3) is 5.91 Å². The van der Waals surface area contributed by atoms with E-state index in [0.29, 0.717) is 17.9 Å². The predicted molar refractivity (Wildman–Crippen MR) is 95.8 cm³/mol. The Kier molecular flexibility index (Phi) is 6.24. The SMILES string of the molecule is Cc1ccc(OCC(C)NC(=O)c2ccccc2OC(C)C)cc1. The molecule has 0 fully saturated rings. The molecule has 0 aliphatic carbocycles. The van der Waals surface area contributed by atoms with Crippen LogP contribution >= 0.6 is 0 Å². The minimum absolute atomic E-state index is 0.0150. The zero-order valence-corrected chi connectivity index (χ0v) is 14.7. The van der Waals surface area contributed by atoms with Gasteiger partial charge in [-0.25, -0.2) is 0 Å². The summed E-state index contributed by atoms with van der Waals surface area (Å²) >= 11 is 0. The molecule has 0 aromatic heterocycles. The molecule has 1 unspecified atom stereocenters. The van der Waals surface area contributed by atoms with Crippen molar-refractivity contribution < 1.29 is 14.3 Å². The van der Waals surface area contributed by atoms with Gasteiger partial charge in [-0.15, -0.1) is 0 Å². The van der Waals surface area contributed by atoms with E-state index in [2.05, 4.69) is 5.32 Å². The fourth-order valence-corrected chi connectivity index (χ4v) is 2.21. The van der Waals surface area contributed by atoms with E-state index >= 15 is 0 Å². The molecule has 2 aromatic carbocycles. The second-order valence-electron chi connectivity index (χ2n) is 6.16. The van der Waals surface area contributed by atoms with Crippen LogP contribution in [0.4, 0.5) is 0 Å². The van der Waals surface area contributed by atoms with E-state index in [-0.39, 0.29) is 18.1 Å². The maximum Gasteiger partial charge on any atom is 0.255 e. The summed E-state index contributed by atoms with van der Waals surface area (Å²) in [5, 5.41) is 2.95. The second-order valence-corrected chi connectivity index (χ2v) is 6.16. The van der Waals surface area contributed by atoms with Gasteiger partial charge in [0, 0.05) is 0 Å². The highest BCUT2D eigenvalue weighted by molar-refractivity contribution is 5.97. The average molecular weight is 327 g/mol. The minimum atomic E-state index is -0.161. The molecule has 24 heavy (non-hydrogen) atoms. The molecule has 2 rings (SSSR count). The van der Waals surface area contributed by atoms with Crippen LogP contribution in [-0.2, 0) is 0 Å². The number of rotatable bonds is 7. The van der Waals surface area contributed by atoms with E-state index in [1.807, 2.05) is 70.2 Å². The molecule has 2 aromatic rings. The number of benzene rings is 2. The summed E-state index contributed by atoms with van der Waals surface area (Å²) in [6.45, 7) is 8.22. The maximum absolute atomic E-state index is 12.5. The first-order chi connectivity index (χ1) is 11.5. The molecule has 4 heteroatoms. The number of amides is 1. The first-order valence-electron chi connectivity index (χ1n) is 8.21. The Morgan fingerprint density at radius 1 is 1.04 bits per heavy atom. The largest absolute Gasteiger partial charge is 0.491 e. The molecule has 0 radical (unpaired) electrons. The van der Waals surface area contributed by atoms with Crippen LogP contribution < -0.4 is 14.8 Å². The fourth-order valence-electron chi connectivity index (χ4n) is 2.21. The van der Waals surface area contributed by atoms with Crippen molar-refractivity contribution in [3.8, 4) is 11.5 Å². The quantitative estimate of drug-likeness (QED) is 0.837. The molecule has 0 saturated carbocycles. The minimum Gasteiger partial charge on any atom is -0.491 e. The molecular weight excluding hydrogens is 302 g/mol. The number of aryl methyl sites for hydroxylation is 1. The van der Waals surface area contributed by atoms with Crippen LogP contribution in [0.15, 0.2) is 48.5 Å². The van der Waals surface area contributed by atoms with E-state index in [0.717, 1.165) is 5.75 Å². The van der Waals surface area contributed by atoms with E-state index in [1.54, 1.807) is 6.07 Å². The summed E-state index contributed by atoms with van der Waals surface area (Å²) in [7, 11) is 0. The third-order valence-electron chi connectivity index (χ3n) is 3.39. The number of hydrogen-bond acceptors (Lipinski definition) is 3. The molecule has 0 bridgehead atoms. The summed E-state index contributed by atoms with van der Waals surface area (Å²) in [4.78, 5) is 12.5. The molecule has 1 atom stereocenters. The number of hydrogen-bond donors (Lipinski definition) is 1. The Balaban J connectivity index is 1.93. The Labute approximate surface area is 143 Å². The smallest absolute Gasteiger partial charge is 0.255 e. The van der Waals surface area contributed by atoms with Gasteiger partial charge in [0.2, 0.25) is 0 Å². The van der Waals surface area contributed by atoms with E-state index in [9.17, 15) is 4.79 Å². The third kappa shape index (κ3) is 5.30. The van der Waals surface area contributed by atoms with Crippen molar-refractivity contribution in [1.29, 1.82) is 0 Å². The van der Waals surface area contributed by atoms with Gasteiger partial charge >= 0.3 is 0 Å². The maximum atomic E-state index is 12.5. The summed E-state index contributed by atoms with van der Waals surface area (Å²) in [6, 6.07) is 15.0. The van der Waals surface area contributed by atoms with Crippen LogP contribution in [0.1, 0.15) is 36.7 Å². The van der Waals surface area contributed by atoms with Crippen molar-refractivity contribution in [2.45, 2.75) is 39.8 Å². The zero-order chi connectivity index (χ0) is 17.5. The number of nitrogens with one attached hydrogen (secondary N) is 1. The number of ether oxygens (including phenoxy) is 2. The Morgan fingerprint density at radius 3 is 2.38 bits per heavy atom. The van der Waals surface area contributed by atoms with Gasteiger partial charge in [-0.2, -0.15) is 0 Å². The lowest BCUT2D eigenvalue weighted by molar-refractivity contribution is 0.0921. The molecule has 1 N–H and O–H groups in total. The van der Waals surface area contributed by atoms with Crippen LogP contribution in [0.25, 0.3) is 0 Å². The van der Waals surface area contributed by atoms with Crippen molar-refractivity contribution in [3.63, 3.8) is 0 Å². The van der Waals surface area contributed by atoms with Crippen molar-refractivity contribution in [1.82, 2.24) is 5.32 Å². The Bertz CT molecular complexity index is 665. The Hall–Kier alpha value is -2.49. The Morgan fingerprint density at radius 2 is 1.71 bits per heavy atom. The summed E-state index contributed by atoms with van der Waals surface area (Å²) < 4.78 is 11.4. The molecular formula is C20H25NO3. The van der Waals surface area contributed by atoms with Crippen LogP contribution in [0.5, 0.6) is 11.5 Å². The van der Waals surface area contributed by atoms with Crippen molar-refractivity contribution >= 4 is 5.91 Å². The van der Waals surface area contributed by atoms with E-state index in [1.165, 1.54) is 5.56 Å². The fraction of sp³-hybridized carbons (Fsp3) is 0.350. The van der Waals surface area contributed by atoms with Gasteiger partial charge < -0.3 is 14.8 Å². The van der Waals surface area contributed by atoms with Crippen molar-refractivity contribution in [2.24, 2.45) is 0 Å². The third-order valence-corrected chi connectivity index (χ3v) is 3.39. The number of carbonyl (C=O) groups is 1. The normalized spacial score (nSPS) is 11.9. The standard InChI is InChI=1S/C20H25NO3/c1-14(2)24-19-8-6-5-7-18(19)20(22)21-16(4)13-23-17-11-9-15(3)10-12-17/h5-12,14,16H,13H2,1-4H3,(H,21,22). The van der Waals surface area contributed by atoms with Gasteiger partial charge in [0.1, 0.15) is 18.1 Å². The van der Waals surface area contributed by atoms with Gasteiger partial charge in [-0.05, 0) is 52.0 Å². The molecule has 0 heterocycles. The topological polar surface area (TPSA) is 47.6 Å². The molecule has 0 aliphatic heterocycles. The van der Waals surface area contributed by atoms with Crippen LogP contribution in [0.3, 0.4) is 0 Å². The monoisotopic (exact) mass is 327 g/mol. The molecule has 0 spiro atoms. The lowest BCUT2D eigenvalue weighted by atomic mass is 10.1. The van der Waals surface area contributed by atoms with Gasteiger partial charge in [-0.3, -0.25) is 4.79 Å². The summed E-state index contributed by atoms with van der Waals surface area (Å²) in [6.07, 6.45) is 0.0150. The first-order valence-corrected chi connectivity index (χ1v) is 8.21. The summed E-state index contributed by atoms with van der Waals surface area (Å²) in [5.41, 5.74) is 1.72. The summed E-state index contributed by atoms with van der Waals surface area (Å²) in [5.74, 6) is 1.23. The van der Waals surface area contributed by atoms with Crippen LogP contribution in [-0.4, -0.2) is 24.7 Å². The highest BCUT2D eigenvalue weighted by atomic mass is 16.5. The van der Waals surface area contributed by atoms with Crippen molar-refractivity contribution in [3.05, 3.63) is 59.7 Å². The highest BCUT2D eigenvalue weighted by Crippen LogP contribution is 2.19. The average Bonchev–Trinajstić information content (AvgIpc) is 2.54. The predicted octanol–water partition coefficient (Wildman–Crippen LogP) is 3.98. The van der Waals surface area contributed by atoms with E-state index < -0.39 is 0 Å². The molecule has 0 saturated heterocycles. The lowest BCUT2D eigenvalue weighted by Crippen LogP contribution is -2.37. The molecule has 1 amide bonds. The van der Waals surface area contributed by atoms with Gasteiger partial charge in [0.05, 0.1) is 17.7 Å². The van der Waals surface area contributed by atoms with Crippen LogP contribution in [0.2, 0.25) is 0 Å². The zero-order valence-electron chi connectivity index (χ0n) is 14.7. The first kappa shape index (κ1) is 17.9. The highest BCUT2D eigenvalue weighted by Gasteiger charge is 2.15. The van der Waals surface area contributed by atoms with Crippen LogP contribution in [0, 0.1) is 6.92 Å². The number of para-hydroxylation sites is 1. The molecule has 4 nitrogen and oxygen atoms in total. The lowest BCUT2D eigenvalue weighted by Gasteiger charge is -2.17. The molecule has 0 aliphatic rings. The van der Waals surface area contributed by atoms with E-state index in [4.69, 9.17) is 9.47 Å². The second kappa shape index (κ2) is 8.39. The number of carbonyl (C=O) groups excluding carboxylic acids is 1. The molecule has 128 valence electrons. The van der Waals surface area contributed by atoms with Crippen molar-refractivity contribution in [2.75, 3.05) is 6.61 Å².